The second-order valence-electron chi connectivity index (χ2n) is 3.23. The van der Waals surface area contributed by atoms with Crippen molar-refractivity contribution in [1.82, 2.24) is 5.32 Å². The first-order chi connectivity index (χ1) is 7.54. The summed E-state index contributed by atoms with van der Waals surface area (Å²) < 4.78 is 60.0. The molecule has 1 unspecified atom stereocenters. The molecule has 2 N–H and O–H groups in total. The molecule has 0 aromatic heterocycles. The second kappa shape index (κ2) is 5.28. The lowest BCUT2D eigenvalue weighted by Gasteiger charge is -2.19. The average Bonchev–Trinajstić information content (AvgIpc) is 2.15. The highest BCUT2D eigenvalue weighted by atomic mass is 19.4. The average molecular weight is 263 g/mol. The minimum absolute atomic E-state index is 0.00674. The summed E-state index contributed by atoms with van der Waals surface area (Å²) in [4.78, 5) is 21.0. The van der Waals surface area contributed by atoms with E-state index in [9.17, 15) is 31.5 Å². The number of hydrogen-bond donors (Lipinski definition) is 2. The summed E-state index contributed by atoms with van der Waals surface area (Å²) >= 11 is 0. The normalized spacial score (nSPS) is 14.2. The lowest BCUT2D eigenvalue weighted by Crippen LogP contribution is -2.51. The molecule has 0 aliphatic rings. The molecule has 17 heavy (non-hydrogen) atoms. The Kier molecular flexibility index (Phi) is 4.84. The SMILES string of the molecule is CCC(CNC(=O)C(F)(F)C(F)(F)F)C(=O)O. The Balaban J connectivity index is 4.52. The van der Waals surface area contributed by atoms with E-state index in [0.29, 0.717) is 0 Å². The third-order valence-corrected chi connectivity index (χ3v) is 1.99. The Morgan fingerprint density at radius 3 is 2.00 bits per heavy atom. The molecule has 9 heteroatoms. The van der Waals surface area contributed by atoms with Gasteiger partial charge in [-0.1, -0.05) is 6.92 Å². The van der Waals surface area contributed by atoms with Gasteiger partial charge in [0.25, 0.3) is 5.91 Å². The molecule has 0 heterocycles. The molecular formula is C8H10F5NO3. The Bertz CT molecular complexity index is 302. The van der Waals surface area contributed by atoms with Gasteiger partial charge in [-0.05, 0) is 6.42 Å². The van der Waals surface area contributed by atoms with Gasteiger partial charge < -0.3 is 10.4 Å². The molecule has 1 atom stereocenters. The first-order valence-corrected chi connectivity index (χ1v) is 4.49. The van der Waals surface area contributed by atoms with Crippen LogP contribution in [-0.2, 0) is 9.59 Å². The third kappa shape index (κ3) is 3.82. The Labute approximate surface area is 92.8 Å². The summed E-state index contributed by atoms with van der Waals surface area (Å²) in [7, 11) is 0. The molecule has 100 valence electrons. The maximum absolute atomic E-state index is 12.4. The van der Waals surface area contributed by atoms with Gasteiger partial charge in [-0.2, -0.15) is 22.0 Å². The van der Waals surface area contributed by atoms with Crippen molar-refractivity contribution in [3.05, 3.63) is 0 Å². The predicted octanol–water partition coefficient (Wildman–Crippen LogP) is 1.41. The van der Waals surface area contributed by atoms with Gasteiger partial charge in [-0.15, -0.1) is 0 Å². The highest BCUT2D eigenvalue weighted by molar-refractivity contribution is 5.84. The molecule has 0 spiro atoms. The van der Waals surface area contributed by atoms with E-state index in [1.807, 2.05) is 0 Å². The van der Waals surface area contributed by atoms with E-state index in [-0.39, 0.29) is 6.42 Å². The maximum atomic E-state index is 12.4. The Morgan fingerprint density at radius 2 is 1.71 bits per heavy atom. The molecule has 0 saturated carbocycles. The van der Waals surface area contributed by atoms with Crippen molar-refractivity contribution in [1.29, 1.82) is 0 Å². The second-order valence-corrected chi connectivity index (χ2v) is 3.23. The van der Waals surface area contributed by atoms with Gasteiger partial charge in [0.05, 0.1) is 5.92 Å². The molecule has 0 saturated heterocycles. The summed E-state index contributed by atoms with van der Waals surface area (Å²) in [5.41, 5.74) is 0. The largest absolute Gasteiger partial charge is 0.481 e. The Hall–Kier alpha value is -1.41. The summed E-state index contributed by atoms with van der Waals surface area (Å²) in [5, 5.41) is 9.76. The van der Waals surface area contributed by atoms with Gasteiger partial charge >= 0.3 is 18.1 Å². The number of carbonyl (C=O) groups excluding carboxylic acids is 1. The van der Waals surface area contributed by atoms with Gasteiger partial charge in [-0.25, -0.2) is 0 Å². The van der Waals surface area contributed by atoms with Crippen molar-refractivity contribution < 1.29 is 36.6 Å². The van der Waals surface area contributed by atoms with Crippen LogP contribution in [0.5, 0.6) is 0 Å². The summed E-state index contributed by atoms with van der Waals surface area (Å²) in [5.74, 6) is -10.7. The number of amides is 1. The van der Waals surface area contributed by atoms with Gasteiger partial charge in [-0.3, -0.25) is 9.59 Å². The first-order valence-electron chi connectivity index (χ1n) is 4.49. The fourth-order valence-corrected chi connectivity index (χ4v) is 0.862. The molecule has 0 aromatic rings. The third-order valence-electron chi connectivity index (χ3n) is 1.99. The van der Waals surface area contributed by atoms with E-state index in [4.69, 9.17) is 5.11 Å². The molecule has 0 aliphatic heterocycles. The topological polar surface area (TPSA) is 66.4 Å². The molecular weight excluding hydrogens is 253 g/mol. The quantitative estimate of drug-likeness (QED) is 0.737. The van der Waals surface area contributed by atoms with Crippen molar-refractivity contribution in [3.63, 3.8) is 0 Å². The number of alkyl halides is 5. The molecule has 0 rings (SSSR count). The number of halogens is 5. The lowest BCUT2D eigenvalue weighted by molar-refractivity contribution is -0.269. The fraction of sp³-hybridized carbons (Fsp3) is 0.750. The van der Waals surface area contributed by atoms with Gasteiger partial charge in [0.1, 0.15) is 0 Å². The van der Waals surface area contributed by atoms with Crippen LogP contribution in [0, 0.1) is 5.92 Å². The number of carbonyl (C=O) groups is 2. The minimum atomic E-state index is -6.00. The van der Waals surface area contributed by atoms with E-state index in [1.165, 1.54) is 12.2 Å². The van der Waals surface area contributed by atoms with Crippen LogP contribution in [0.4, 0.5) is 22.0 Å². The highest BCUT2D eigenvalue weighted by Gasteiger charge is 2.63. The van der Waals surface area contributed by atoms with Crippen LogP contribution >= 0.6 is 0 Å². The lowest BCUT2D eigenvalue weighted by atomic mass is 10.1. The van der Waals surface area contributed by atoms with E-state index in [2.05, 4.69) is 0 Å². The standard InChI is InChI=1S/C8H10F5NO3/c1-2-4(5(15)16)3-14-6(17)7(9,10)8(11,12)13/h4H,2-3H2,1H3,(H,14,17)(H,15,16). The van der Waals surface area contributed by atoms with Crippen LogP contribution in [0.15, 0.2) is 0 Å². The Morgan fingerprint density at radius 1 is 1.24 bits per heavy atom. The van der Waals surface area contributed by atoms with Gasteiger partial charge in [0, 0.05) is 6.54 Å². The van der Waals surface area contributed by atoms with E-state index < -0.39 is 36.4 Å². The molecule has 0 radical (unpaired) electrons. The number of nitrogens with one attached hydrogen (secondary N) is 1. The number of rotatable bonds is 5. The molecule has 4 nitrogen and oxygen atoms in total. The molecule has 0 fully saturated rings. The zero-order valence-electron chi connectivity index (χ0n) is 8.65. The van der Waals surface area contributed by atoms with E-state index >= 15 is 0 Å². The number of carboxylic acids is 1. The summed E-state index contributed by atoms with van der Waals surface area (Å²) in [6.45, 7) is 0.614. The molecule has 0 aliphatic carbocycles. The molecule has 1 amide bonds. The minimum Gasteiger partial charge on any atom is -0.481 e. The molecule has 0 aromatic carbocycles. The van der Waals surface area contributed by atoms with Crippen LogP contribution < -0.4 is 5.32 Å². The molecule has 0 bridgehead atoms. The predicted molar refractivity (Wildman–Crippen MR) is 45.4 cm³/mol. The van der Waals surface area contributed by atoms with Gasteiger partial charge in [0.15, 0.2) is 0 Å². The number of carboxylic acid groups (broad SMARTS) is 1. The smallest absolute Gasteiger partial charge is 0.463 e. The number of hydrogen-bond acceptors (Lipinski definition) is 2. The zero-order valence-corrected chi connectivity index (χ0v) is 8.65. The zero-order chi connectivity index (χ0) is 13.9. The monoisotopic (exact) mass is 263 g/mol. The van der Waals surface area contributed by atoms with E-state index in [0.717, 1.165) is 0 Å². The van der Waals surface area contributed by atoms with Crippen LogP contribution in [0.1, 0.15) is 13.3 Å². The highest BCUT2D eigenvalue weighted by Crippen LogP contribution is 2.35. The van der Waals surface area contributed by atoms with Crippen LogP contribution in [0.25, 0.3) is 0 Å². The summed E-state index contributed by atoms with van der Waals surface area (Å²) in [6.07, 6.45) is -6.00. The van der Waals surface area contributed by atoms with Crippen molar-refractivity contribution in [2.75, 3.05) is 6.54 Å². The first kappa shape index (κ1) is 15.6. The van der Waals surface area contributed by atoms with Crippen molar-refractivity contribution in [3.8, 4) is 0 Å². The van der Waals surface area contributed by atoms with Crippen molar-refractivity contribution in [2.24, 2.45) is 5.92 Å². The fourth-order valence-electron chi connectivity index (χ4n) is 0.862. The summed E-state index contributed by atoms with van der Waals surface area (Å²) in [6, 6.07) is 0. The van der Waals surface area contributed by atoms with Crippen molar-refractivity contribution >= 4 is 11.9 Å². The number of aliphatic carboxylic acids is 1. The van der Waals surface area contributed by atoms with Gasteiger partial charge in [0.2, 0.25) is 0 Å². The van der Waals surface area contributed by atoms with Crippen LogP contribution in [0.2, 0.25) is 0 Å². The van der Waals surface area contributed by atoms with Crippen molar-refractivity contribution in [2.45, 2.75) is 25.4 Å². The maximum Gasteiger partial charge on any atom is 0.463 e. The van der Waals surface area contributed by atoms with E-state index in [1.54, 1.807) is 0 Å². The van der Waals surface area contributed by atoms with Crippen LogP contribution in [-0.4, -0.2) is 35.6 Å². The van der Waals surface area contributed by atoms with Crippen LogP contribution in [0.3, 0.4) is 0 Å².